The van der Waals surface area contributed by atoms with Gasteiger partial charge in [0.05, 0.1) is 6.54 Å². The van der Waals surface area contributed by atoms with Crippen LogP contribution in [0.25, 0.3) is 10.9 Å². The maximum absolute atomic E-state index is 12.6. The Kier molecular flexibility index (Phi) is 4.51. The minimum atomic E-state index is -0.355. The first-order valence-corrected chi connectivity index (χ1v) is 9.24. The summed E-state index contributed by atoms with van der Waals surface area (Å²) in [6.45, 7) is 0.256. The van der Waals surface area contributed by atoms with Crippen molar-refractivity contribution < 1.29 is 4.79 Å². The number of carbonyl (C=O) groups is 1. The van der Waals surface area contributed by atoms with Crippen molar-refractivity contribution in [3.8, 4) is 0 Å². The molecule has 1 amide bonds. The summed E-state index contributed by atoms with van der Waals surface area (Å²) in [5, 5.41) is 13.0. The fraction of sp³-hybridized carbons (Fsp3) is 0.111. The molecule has 27 heavy (non-hydrogen) atoms. The van der Waals surface area contributed by atoms with E-state index in [2.05, 4.69) is 15.5 Å². The highest BCUT2D eigenvalue weighted by atomic mass is 35.5. The molecule has 3 heterocycles. The van der Waals surface area contributed by atoms with Crippen LogP contribution in [0.1, 0.15) is 14.8 Å². The quantitative estimate of drug-likeness (QED) is 0.571. The van der Waals surface area contributed by atoms with Gasteiger partial charge >= 0.3 is 0 Å². The molecule has 0 bridgehead atoms. The van der Waals surface area contributed by atoms with E-state index in [1.165, 1.54) is 0 Å². The topological polar surface area (TPSA) is 81.8 Å². The Bertz CT molecular complexity index is 1190. The molecule has 0 unspecified atom stereocenters. The number of benzene rings is 1. The zero-order valence-corrected chi connectivity index (χ0v) is 15.8. The lowest BCUT2D eigenvalue weighted by Crippen LogP contribution is -2.21. The van der Waals surface area contributed by atoms with Crippen LogP contribution in [0.15, 0.2) is 53.6 Å². The molecule has 4 rings (SSSR count). The van der Waals surface area contributed by atoms with E-state index in [1.807, 2.05) is 25.4 Å². The van der Waals surface area contributed by atoms with Gasteiger partial charge in [0.1, 0.15) is 10.5 Å². The van der Waals surface area contributed by atoms with Crippen LogP contribution in [0.2, 0.25) is 5.02 Å². The van der Waals surface area contributed by atoms with Gasteiger partial charge in [-0.25, -0.2) is 0 Å². The first-order chi connectivity index (χ1) is 13.0. The average Bonchev–Trinajstić information content (AvgIpc) is 3.27. The third kappa shape index (κ3) is 3.49. The Morgan fingerprint density at radius 1 is 1.15 bits per heavy atom. The second kappa shape index (κ2) is 6.98. The zero-order valence-electron chi connectivity index (χ0n) is 14.2. The number of halogens is 1. The first kappa shape index (κ1) is 17.4. The van der Waals surface area contributed by atoms with Crippen molar-refractivity contribution >= 4 is 45.4 Å². The molecule has 0 saturated carbocycles. The highest BCUT2D eigenvalue weighted by Crippen LogP contribution is 2.17. The molecule has 9 heteroatoms. The molecule has 0 saturated heterocycles. The van der Waals surface area contributed by atoms with Crippen molar-refractivity contribution in [1.82, 2.24) is 19.3 Å². The fourth-order valence-corrected chi connectivity index (χ4v) is 3.59. The molecule has 1 aromatic carbocycles. The molecule has 3 aromatic heterocycles. The molecular formula is C18H14ClN5O2S. The van der Waals surface area contributed by atoms with Crippen LogP contribution < -0.4 is 10.9 Å². The highest BCUT2D eigenvalue weighted by molar-refractivity contribution is 7.13. The molecule has 136 valence electrons. The lowest BCUT2D eigenvalue weighted by molar-refractivity contribution is 0.102. The summed E-state index contributed by atoms with van der Waals surface area (Å²) in [5.74, 6) is -0.355. The second-order valence-corrected chi connectivity index (χ2v) is 7.44. The maximum Gasteiger partial charge on any atom is 0.286 e. The fourth-order valence-electron chi connectivity index (χ4n) is 2.73. The highest BCUT2D eigenvalue weighted by Gasteiger charge is 2.14. The number of rotatable bonds is 4. The Balaban J connectivity index is 1.53. The molecule has 7 nitrogen and oxygen atoms in total. The third-order valence-electron chi connectivity index (χ3n) is 4.07. The molecule has 0 aliphatic rings. The van der Waals surface area contributed by atoms with Crippen molar-refractivity contribution in [2.24, 2.45) is 7.05 Å². The number of aryl methyl sites for hydroxylation is 1. The number of anilines is 1. The van der Waals surface area contributed by atoms with Crippen LogP contribution in [0.4, 0.5) is 5.69 Å². The number of pyridine rings is 1. The minimum Gasteiger partial charge on any atom is -0.346 e. The van der Waals surface area contributed by atoms with Gasteiger partial charge < -0.3 is 14.5 Å². The average molecular weight is 400 g/mol. The number of amides is 1. The smallest absolute Gasteiger partial charge is 0.286 e. The molecule has 0 radical (unpaired) electrons. The van der Waals surface area contributed by atoms with E-state index >= 15 is 0 Å². The number of nitrogens with one attached hydrogen (secondary N) is 1. The summed E-state index contributed by atoms with van der Waals surface area (Å²) in [7, 11) is 1.83. The van der Waals surface area contributed by atoms with Crippen molar-refractivity contribution in [3.63, 3.8) is 0 Å². The van der Waals surface area contributed by atoms with E-state index in [1.54, 1.807) is 39.6 Å². The van der Waals surface area contributed by atoms with Crippen LogP contribution in [-0.4, -0.2) is 25.2 Å². The van der Waals surface area contributed by atoms with Crippen molar-refractivity contribution in [2.45, 2.75) is 6.54 Å². The summed E-state index contributed by atoms with van der Waals surface area (Å²) in [4.78, 5) is 24.9. The van der Waals surface area contributed by atoms with Crippen molar-refractivity contribution in [2.75, 3.05) is 5.32 Å². The Morgan fingerprint density at radius 2 is 1.89 bits per heavy atom. The Morgan fingerprint density at radius 3 is 2.67 bits per heavy atom. The molecular weight excluding hydrogens is 386 g/mol. The van der Waals surface area contributed by atoms with Gasteiger partial charge in [0.2, 0.25) is 5.01 Å². The second-order valence-electron chi connectivity index (χ2n) is 5.94. The van der Waals surface area contributed by atoms with Crippen LogP contribution in [0, 0.1) is 0 Å². The van der Waals surface area contributed by atoms with E-state index in [0.29, 0.717) is 21.2 Å². The molecule has 4 aromatic rings. The largest absolute Gasteiger partial charge is 0.346 e. The van der Waals surface area contributed by atoms with Gasteiger partial charge in [-0.2, -0.15) is 0 Å². The number of hydrogen-bond acceptors (Lipinski definition) is 5. The van der Waals surface area contributed by atoms with E-state index in [9.17, 15) is 9.59 Å². The van der Waals surface area contributed by atoms with Gasteiger partial charge in [0.15, 0.2) is 0 Å². The van der Waals surface area contributed by atoms with Crippen LogP contribution in [0.5, 0.6) is 0 Å². The van der Waals surface area contributed by atoms with Gasteiger partial charge in [-0.05, 0) is 36.4 Å². The number of carbonyl (C=O) groups excluding carboxylic acids is 1. The van der Waals surface area contributed by atoms with Gasteiger partial charge in [-0.15, -0.1) is 10.2 Å². The third-order valence-corrected chi connectivity index (χ3v) is 5.23. The number of nitrogens with zero attached hydrogens (tertiary/aromatic N) is 4. The molecule has 0 fully saturated rings. The summed E-state index contributed by atoms with van der Waals surface area (Å²) in [5.41, 5.74) is 1.14. The van der Waals surface area contributed by atoms with Gasteiger partial charge in [-0.1, -0.05) is 22.9 Å². The Hall–Kier alpha value is -2.97. The molecule has 0 atom stereocenters. The molecule has 0 aliphatic carbocycles. The van der Waals surface area contributed by atoms with E-state index in [4.69, 9.17) is 11.6 Å². The summed E-state index contributed by atoms with van der Waals surface area (Å²) >= 11 is 6.99. The number of fused-ring (bicyclic) bond motifs is 1. The van der Waals surface area contributed by atoms with Crippen molar-refractivity contribution in [1.29, 1.82) is 0 Å². The van der Waals surface area contributed by atoms with Crippen LogP contribution in [-0.2, 0) is 13.6 Å². The normalized spacial score (nSPS) is 11.0. The Labute approximate surface area is 162 Å². The summed E-state index contributed by atoms with van der Waals surface area (Å²) < 4.78 is 3.35. The monoisotopic (exact) mass is 399 g/mol. The maximum atomic E-state index is 12.6. The first-order valence-electron chi connectivity index (χ1n) is 8.05. The van der Waals surface area contributed by atoms with Crippen LogP contribution >= 0.6 is 22.9 Å². The lowest BCUT2D eigenvalue weighted by Gasteiger charge is -2.04. The standard InChI is InChI=1S/C18H14ClN5O2S/c1-23-8-6-11-7-9-24(18(26)15(11)23)10-14-21-22-17(27-14)16(25)20-13-4-2-12(19)3-5-13/h2-9H,10H2,1H3,(H,20,25). The van der Waals surface area contributed by atoms with Crippen LogP contribution in [0.3, 0.4) is 0 Å². The molecule has 1 N–H and O–H groups in total. The predicted octanol–water partition coefficient (Wildman–Crippen LogP) is 3.15. The minimum absolute atomic E-state index is 0.109. The predicted molar refractivity (Wildman–Crippen MR) is 106 cm³/mol. The van der Waals surface area contributed by atoms with Gasteiger partial charge in [0, 0.05) is 35.5 Å². The number of hydrogen-bond donors (Lipinski definition) is 1. The van der Waals surface area contributed by atoms with Crippen molar-refractivity contribution in [3.05, 3.63) is 74.2 Å². The van der Waals surface area contributed by atoms with Gasteiger partial charge in [0.25, 0.3) is 11.5 Å². The summed E-state index contributed by atoms with van der Waals surface area (Å²) in [6.07, 6.45) is 3.57. The van der Waals surface area contributed by atoms with E-state index < -0.39 is 0 Å². The van der Waals surface area contributed by atoms with Gasteiger partial charge in [-0.3, -0.25) is 9.59 Å². The molecule has 0 aliphatic heterocycles. The lowest BCUT2D eigenvalue weighted by atomic mass is 10.3. The zero-order chi connectivity index (χ0) is 19.0. The van der Waals surface area contributed by atoms with E-state index in [0.717, 1.165) is 16.7 Å². The number of aromatic nitrogens is 4. The SMILES string of the molecule is Cn1ccc2ccn(Cc3nnc(C(=O)Nc4ccc(Cl)cc4)s3)c(=O)c21. The summed E-state index contributed by atoms with van der Waals surface area (Å²) in [6, 6.07) is 10.6. The molecule has 0 spiro atoms. The van der Waals surface area contributed by atoms with E-state index in [-0.39, 0.29) is 23.0 Å².